The van der Waals surface area contributed by atoms with Crippen LogP contribution in [0.3, 0.4) is 0 Å². The maximum atomic E-state index is 14.1. The molecule has 5 nitrogen and oxygen atoms in total. The van der Waals surface area contributed by atoms with Gasteiger partial charge in [-0.05, 0) is 79.3 Å². The van der Waals surface area contributed by atoms with Gasteiger partial charge in [-0.2, -0.15) is 0 Å². The number of hydrogen-bond acceptors (Lipinski definition) is 7. The minimum absolute atomic E-state index is 0.0217. The normalized spacial score (nSPS) is 19.1. The van der Waals surface area contributed by atoms with Crippen molar-refractivity contribution in [2.45, 2.75) is 87.0 Å². The van der Waals surface area contributed by atoms with E-state index in [-0.39, 0.29) is 17.7 Å². The smallest absolute Gasteiger partial charge is 0.311 e. The van der Waals surface area contributed by atoms with Crippen molar-refractivity contribution in [2.75, 3.05) is 6.61 Å². The lowest BCUT2D eigenvalue weighted by Gasteiger charge is -2.37. The van der Waals surface area contributed by atoms with Gasteiger partial charge in [0.15, 0.2) is 5.78 Å². The van der Waals surface area contributed by atoms with E-state index >= 15 is 0 Å². The molecule has 0 fully saturated rings. The molecule has 2 aliphatic rings. The summed E-state index contributed by atoms with van der Waals surface area (Å²) >= 11 is 3.07. The molecule has 3 aromatic rings. The van der Waals surface area contributed by atoms with Crippen LogP contribution in [0.2, 0.25) is 0 Å². The summed E-state index contributed by atoms with van der Waals surface area (Å²) in [5.41, 5.74) is 1.27. The van der Waals surface area contributed by atoms with Gasteiger partial charge in [0.25, 0.3) is 0 Å². The number of esters is 1. The number of aliphatic hydroxyl groups excluding tert-OH is 1. The molecule has 4 unspecified atom stereocenters. The quantitative estimate of drug-likeness (QED) is 0.127. The minimum atomic E-state index is -0.818. The van der Waals surface area contributed by atoms with Crippen LogP contribution in [0.4, 0.5) is 0 Å². The summed E-state index contributed by atoms with van der Waals surface area (Å²) in [5, 5.41) is 11.7. The Bertz CT molecular complexity index is 1580. The fraction of sp³-hybridized carbons (Fsp3) is 0.400. The van der Waals surface area contributed by atoms with Gasteiger partial charge in [-0.3, -0.25) is 9.59 Å². The summed E-state index contributed by atoms with van der Waals surface area (Å²) in [6, 6.07) is 21.1. The first-order valence-corrected chi connectivity index (χ1v) is 18.5. The summed E-state index contributed by atoms with van der Waals surface area (Å²) in [7, 11) is 0. The number of Topliss-reactive ketones (excluding diaryl/α,β-unsaturated/α-hetero) is 1. The molecule has 0 radical (unpaired) electrons. The molecule has 0 saturated heterocycles. The number of thioether (sulfide) groups is 1. The number of ketones is 1. The number of rotatable bonds is 15. The van der Waals surface area contributed by atoms with Gasteiger partial charge in [-0.15, -0.1) is 0 Å². The molecule has 4 atom stereocenters. The van der Waals surface area contributed by atoms with Crippen molar-refractivity contribution in [3.63, 3.8) is 0 Å². The minimum Gasteiger partial charge on any atom is -0.494 e. The first kappa shape index (κ1) is 35.1. The lowest BCUT2D eigenvalue weighted by Crippen LogP contribution is -2.36. The Hall–Kier alpha value is -3.26. The third-order valence-corrected chi connectivity index (χ3v) is 11.0. The molecule has 1 N–H and O–H groups in total. The Morgan fingerprint density at radius 2 is 1.60 bits per heavy atom. The summed E-state index contributed by atoms with van der Waals surface area (Å²) in [5.74, 6) is 1.45. The van der Waals surface area contributed by atoms with Gasteiger partial charge in [0.2, 0.25) is 0 Å². The molecule has 2 aliphatic carbocycles. The number of unbranched alkanes of at least 4 members (excludes halogenated alkanes) is 1. The standard InChI is InChI=1S/C40H46O5S2/c1-5-6-9-27(4)14-23-36(41)45-29-17-21-31(22-18-29)47-35-13-8-11-33-38(35)40(43)32-10-7-12-34(37(32)39(33)42)46-30-19-15-28(16-20-30)44-25-24-26(2)3/h7-8,10-13,15-22,26-27,33,38-39,42H,5-6,9,14,23-25H2,1-4H3. The monoisotopic (exact) mass is 670 g/mol. The van der Waals surface area contributed by atoms with Crippen molar-refractivity contribution in [2.24, 2.45) is 23.7 Å². The first-order valence-electron chi connectivity index (χ1n) is 16.9. The van der Waals surface area contributed by atoms with Gasteiger partial charge < -0.3 is 14.6 Å². The molecule has 47 heavy (non-hydrogen) atoms. The predicted octanol–water partition coefficient (Wildman–Crippen LogP) is 10.5. The lowest BCUT2D eigenvalue weighted by molar-refractivity contribution is -0.134. The van der Waals surface area contributed by atoms with Crippen LogP contribution in [-0.2, 0) is 4.79 Å². The Kier molecular flexibility index (Phi) is 12.5. The molecule has 0 spiro atoms. The molecular weight excluding hydrogens is 625 g/mol. The van der Waals surface area contributed by atoms with Gasteiger partial charge in [0.05, 0.1) is 18.6 Å². The summed E-state index contributed by atoms with van der Waals surface area (Å²) in [6.07, 6.45) is 10.8. The highest BCUT2D eigenvalue weighted by Crippen LogP contribution is 2.50. The fourth-order valence-electron chi connectivity index (χ4n) is 5.98. The van der Waals surface area contributed by atoms with E-state index in [0.29, 0.717) is 41.7 Å². The molecule has 0 amide bonds. The second-order valence-electron chi connectivity index (χ2n) is 13.0. The van der Waals surface area contributed by atoms with Crippen LogP contribution >= 0.6 is 23.5 Å². The number of aliphatic hydroxyl groups is 1. The molecule has 0 aliphatic heterocycles. The predicted molar refractivity (Wildman–Crippen MR) is 191 cm³/mol. The molecule has 0 aromatic heterocycles. The third-order valence-electron chi connectivity index (χ3n) is 8.76. The SMILES string of the molecule is CCCCC(C)CCC(=O)Oc1ccc(SC2=CC=CC3C2C(=O)c2cccc(Sc4ccc(OCCC(C)C)cc4)c2C3O)cc1. The zero-order valence-electron chi connectivity index (χ0n) is 27.8. The molecule has 3 aromatic carbocycles. The second kappa shape index (κ2) is 16.7. The maximum absolute atomic E-state index is 14.1. The molecule has 0 heterocycles. The van der Waals surface area contributed by atoms with E-state index in [0.717, 1.165) is 44.6 Å². The number of carbonyl (C=O) groups excluding carboxylic acids is 2. The zero-order valence-corrected chi connectivity index (χ0v) is 29.4. The number of fused-ring (bicyclic) bond motifs is 2. The van der Waals surface area contributed by atoms with Gasteiger partial charge >= 0.3 is 5.97 Å². The van der Waals surface area contributed by atoms with E-state index in [9.17, 15) is 14.7 Å². The van der Waals surface area contributed by atoms with Crippen LogP contribution in [-0.4, -0.2) is 23.5 Å². The van der Waals surface area contributed by atoms with Gasteiger partial charge in [0, 0.05) is 43.1 Å². The van der Waals surface area contributed by atoms with E-state index in [1.54, 1.807) is 23.9 Å². The first-order chi connectivity index (χ1) is 22.7. The third kappa shape index (κ3) is 9.21. The van der Waals surface area contributed by atoms with E-state index in [4.69, 9.17) is 9.47 Å². The number of benzene rings is 3. The van der Waals surface area contributed by atoms with Crippen molar-refractivity contribution >= 4 is 35.3 Å². The van der Waals surface area contributed by atoms with E-state index in [1.807, 2.05) is 72.8 Å². The van der Waals surface area contributed by atoms with Crippen molar-refractivity contribution in [1.29, 1.82) is 0 Å². The molecule has 0 saturated carbocycles. The molecular formula is C40H46O5S2. The second-order valence-corrected chi connectivity index (χ2v) is 15.2. The molecule has 0 bridgehead atoms. The van der Waals surface area contributed by atoms with E-state index < -0.39 is 12.0 Å². The van der Waals surface area contributed by atoms with E-state index in [1.165, 1.54) is 24.6 Å². The fourth-order valence-corrected chi connectivity index (χ4v) is 8.08. The highest BCUT2D eigenvalue weighted by atomic mass is 32.2. The topological polar surface area (TPSA) is 72.8 Å². The molecule has 248 valence electrons. The maximum Gasteiger partial charge on any atom is 0.311 e. The van der Waals surface area contributed by atoms with E-state index in [2.05, 4.69) is 27.7 Å². The average Bonchev–Trinajstić information content (AvgIpc) is 3.06. The van der Waals surface area contributed by atoms with Gasteiger partial charge in [-0.25, -0.2) is 0 Å². The van der Waals surface area contributed by atoms with Crippen LogP contribution in [0, 0.1) is 23.7 Å². The zero-order chi connectivity index (χ0) is 33.3. The van der Waals surface area contributed by atoms with Crippen LogP contribution in [0.15, 0.2) is 105 Å². The molecule has 7 heteroatoms. The largest absolute Gasteiger partial charge is 0.494 e. The highest BCUT2D eigenvalue weighted by Gasteiger charge is 2.44. The summed E-state index contributed by atoms with van der Waals surface area (Å²) in [4.78, 5) is 30.2. The number of carbonyl (C=O) groups is 2. The average molecular weight is 671 g/mol. The van der Waals surface area contributed by atoms with Crippen molar-refractivity contribution < 1.29 is 24.2 Å². The number of hydrogen-bond donors (Lipinski definition) is 1. The van der Waals surface area contributed by atoms with Crippen molar-refractivity contribution in [1.82, 2.24) is 0 Å². The van der Waals surface area contributed by atoms with Crippen LogP contribution in [0.1, 0.15) is 88.2 Å². The highest BCUT2D eigenvalue weighted by molar-refractivity contribution is 8.03. The van der Waals surface area contributed by atoms with Crippen molar-refractivity contribution in [3.05, 3.63) is 101 Å². The summed E-state index contributed by atoms with van der Waals surface area (Å²) in [6.45, 7) is 9.42. The Morgan fingerprint density at radius 3 is 2.30 bits per heavy atom. The Balaban J connectivity index is 1.24. The number of allylic oxidation sites excluding steroid dienone is 3. The van der Waals surface area contributed by atoms with Crippen LogP contribution in [0.5, 0.6) is 11.5 Å². The number of ether oxygens (including phenoxy) is 2. The van der Waals surface area contributed by atoms with Crippen LogP contribution in [0.25, 0.3) is 0 Å². The van der Waals surface area contributed by atoms with Crippen molar-refractivity contribution in [3.8, 4) is 11.5 Å². The lowest BCUT2D eigenvalue weighted by atomic mass is 9.71. The summed E-state index contributed by atoms with van der Waals surface area (Å²) < 4.78 is 11.5. The Labute approximate surface area is 288 Å². The van der Waals surface area contributed by atoms with Gasteiger partial charge in [-0.1, -0.05) is 101 Å². The van der Waals surface area contributed by atoms with Gasteiger partial charge in [0.1, 0.15) is 11.5 Å². The molecule has 5 rings (SSSR count). The Morgan fingerprint density at radius 1 is 0.894 bits per heavy atom. The van der Waals surface area contributed by atoms with Crippen LogP contribution < -0.4 is 9.47 Å².